The van der Waals surface area contributed by atoms with Crippen LogP contribution in [0.3, 0.4) is 0 Å². The summed E-state index contributed by atoms with van der Waals surface area (Å²) in [4.78, 5) is 0. The summed E-state index contributed by atoms with van der Waals surface area (Å²) in [5.74, 6) is -0.0194. The van der Waals surface area contributed by atoms with E-state index in [1.54, 1.807) is 6.07 Å². The molecule has 65 valence electrons. The summed E-state index contributed by atoms with van der Waals surface area (Å²) < 4.78 is 0. The second-order valence-corrected chi connectivity index (χ2v) is 2.57. The number of aliphatic hydroxyl groups excluding tert-OH is 2. The lowest BCUT2D eigenvalue weighted by molar-refractivity contribution is 0.255. The molecule has 0 spiro atoms. The third-order valence-electron chi connectivity index (χ3n) is 1.71. The second-order valence-electron chi connectivity index (χ2n) is 2.57. The predicted octanol–water partition coefficient (Wildman–Crippen LogP) is 0.559. The average Bonchev–Trinajstić information content (AvgIpc) is 2.03. The largest absolute Gasteiger partial charge is 0.508 e. The van der Waals surface area contributed by atoms with Crippen molar-refractivity contribution >= 4 is 0 Å². The maximum absolute atomic E-state index is 9.29. The average molecular weight is 167 g/mol. The number of aliphatic hydroxyl groups is 2. The zero-order valence-corrected chi connectivity index (χ0v) is 6.62. The summed E-state index contributed by atoms with van der Waals surface area (Å²) >= 11 is 0. The molecule has 0 amide bonds. The van der Waals surface area contributed by atoms with Gasteiger partial charge in [-0.15, -0.1) is 0 Å². The Morgan fingerprint density at radius 1 is 1.17 bits per heavy atom. The summed E-state index contributed by atoms with van der Waals surface area (Å²) in [7, 11) is 0. The molecule has 3 N–H and O–H groups in total. The molecule has 0 aliphatic rings. The number of benzene rings is 1. The van der Waals surface area contributed by atoms with Crippen LogP contribution in [0.15, 0.2) is 12.1 Å². The van der Waals surface area contributed by atoms with E-state index in [4.69, 9.17) is 10.2 Å². The van der Waals surface area contributed by atoms with E-state index in [9.17, 15) is 5.11 Å². The van der Waals surface area contributed by atoms with Gasteiger partial charge in [-0.2, -0.15) is 0 Å². The van der Waals surface area contributed by atoms with E-state index in [1.165, 1.54) is 6.07 Å². The van der Waals surface area contributed by atoms with E-state index in [0.29, 0.717) is 16.7 Å². The maximum atomic E-state index is 9.29. The van der Waals surface area contributed by atoms with Crippen molar-refractivity contribution in [1.82, 2.24) is 0 Å². The van der Waals surface area contributed by atoms with Crippen LogP contribution in [-0.2, 0) is 13.2 Å². The highest BCUT2D eigenvalue weighted by Gasteiger charge is 2.06. The Labute approximate surface area is 70.9 Å². The van der Waals surface area contributed by atoms with Gasteiger partial charge in [0.2, 0.25) is 0 Å². The molecule has 12 heavy (non-hydrogen) atoms. The van der Waals surface area contributed by atoms with Gasteiger partial charge in [-0.1, -0.05) is 6.07 Å². The van der Waals surface area contributed by atoms with Crippen LogP contribution in [0.1, 0.15) is 16.7 Å². The van der Waals surface area contributed by atoms with E-state index in [-0.39, 0.29) is 19.0 Å². The molecule has 0 aliphatic heterocycles. The summed E-state index contributed by atoms with van der Waals surface area (Å²) in [6.45, 7) is 3.14. The minimum atomic E-state index is -0.276. The van der Waals surface area contributed by atoms with Crippen LogP contribution in [0, 0.1) is 6.92 Å². The molecule has 0 aliphatic carbocycles. The lowest BCUT2D eigenvalue weighted by Gasteiger charge is -2.07. The van der Waals surface area contributed by atoms with Crippen molar-refractivity contribution in [1.29, 1.82) is 0 Å². The van der Waals surface area contributed by atoms with Crippen molar-refractivity contribution in [2.45, 2.75) is 13.2 Å². The Bertz CT molecular complexity index is 281. The maximum Gasteiger partial charge on any atom is 0.121 e. The summed E-state index contributed by atoms with van der Waals surface area (Å²) in [6, 6.07) is 3.08. The molecule has 0 saturated carbocycles. The third kappa shape index (κ3) is 1.57. The van der Waals surface area contributed by atoms with Crippen LogP contribution in [-0.4, -0.2) is 15.3 Å². The van der Waals surface area contributed by atoms with Gasteiger partial charge < -0.3 is 15.3 Å². The van der Waals surface area contributed by atoms with E-state index in [1.807, 2.05) is 0 Å². The van der Waals surface area contributed by atoms with E-state index >= 15 is 0 Å². The zero-order valence-electron chi connectivity index (χ0n) is 6.62. The van der Waals surface area contributed by atoms with Crippen molar-refractivity contribution in [3.05, 3.63) is 35.7 Å². The first-order chi connectivity index (χ1) is 5.69. The van der Waals surface area contributed by atoms with E-state index in [2.05, 4.69) is 6.92 Å². The topological polar surface area (TPSA) is 60.7 Å². The Balaban J connectivity index is 3.24. The highest BCUT2D eigenvalue weighted by atomic mass is 16.3. The lowest BCUT2D eigenvalue weighted by atomic mass is 10.0. The molecule has 0 unspecified atom stereocenters. The fourth-order valence-corrected chi connectivity index (χ4v) is 1.10. The minimum Gasteiger partial charge on any atom is -0.508 e. The second kappa shape index (κ2) is 3.56. The van der Waals surface area contributed by atoms with Gasteiger partial charge in [0.15, 0.2) is 0 Å². The summed E-state index contributed by atoms with van der Waals surface area (Å²) in [5, 5.41) is 27.0. The van der Waals surface area contributed by atoms with Crippen molar-refractivity contribution in [2.75, 3.05) is 0 Å². The molecular formula is C9H11O3. The number of phenols is 1. The van der Waals surface area contributed by atoms with Crippen molar-refractivity contribution < 1.29 is 15.3 Å². The Hall–Kier alpha value is -1.06. The molecule has 1 radical (unpaired) electrons. The molecule has 0 saturated heterocycles. The molecule has 3 nitrogen and oxygen atoms in total. The molecule has 1 aromatic rings. The minimum absolute atomic E-state index is 0.0194. The van der Waals surface area contributed by atoms with Gasteiger partial charge in [0.25, 0.3) is 0 Å². The zero-order chi connectivity index (χ0) is 9.14. The van der Waals surface area contributed by atoms with Gasteiger partial charge in [0.05, 0.1) is 13.2 Å². The number of rotatable bonds is 2. The molecule has 0 aromatic heterocycles. The number of aromatic hydroxyl groups is 1. The highest BCUT2D eigenvalue weighted by Crippen LogP contribution is 2.23. The van der Waals surface area contributed by atoms with Gasteiger partial charge in [-0.3, -0.25) is 0 Å². The molecule has 1 rings (SSSR count). The normalized spacial score (nSPS) is 10.2. The van der Waals surface area contributed by atoms with Crippen LogP contribution in [0.4, 0.5) is 0 Å². The third-order valence-corrected chi connectivity index (χ3v) is 1.71. The van der Waals surface area contributed by atoms with Crippen LogP contribution < -0.4 is 0 Å². The predicted molar refractivity (Wildman–Crippen MR) is 44.4 cm³/mol. The molecular weight excluding hydrogens is 156 g/mol. The quantitative estimate of drug-likeness (QED) is 0.603. The summed E-state index contributed by atoms with van der Waals surface area (Å²) in [6.07, 6.45) is 0. The van der Waals surface area contributed by atoms with E-state index < -0.39 is 0 Å². The Kier molecular flexibility index (Phi) is 2.68. The standard InChI is InChI=1S/C9H11O3/c1-6-2-7(4-10)8(5-11)9(12)3-6/h2-3,10-12H,1,4-5H2. The van der Waals surface area contributed by atoms with Crippen LogP contribution in [0.5, 0.6) is 5.75 Å². The monoisotopic (exact) mass is 167 g/mol. The fourth-order valence-electron chi connectivity index (χ4n) is 1.10. The van der Waals surface area contributed by atoms with Gasteiger partial charge in [-0.05, 0) is 24.1 Å². The van der Waals surface area contributed by atoms with Gasteiger partial charge in [0, 0.05) is 5.56 Å². The molecule has 0 atom stereocenters. The summed E-state index contributed by atoms with van der Waals surface area (Å²) in [5.41, 5.74) is 1.50. The fraction of sp³-hybridized carbons (Fsp3) is 0.222. The first-order valence-corrected chi connectivity index (χ1v) is 3.57. The number of hydrogen-bond acceptors (Lipinski definition) is 3. The van der Waals surface area contributed by atoms with Gasteiger partial charge in [-0.25, -0.2) is 0 Å². The molecule has 0 bridgehead atoms. The van der Waals surface area contributed by atoms with Crippen LogP contribution in [0.25, 0.3) is 0 Å². The lowest BCUT2D eigenvalue weighted by Crippen LogP contribution is -1.95. The smallest absolute Gasteiger partial charge is 0.121 e. The van der Waals surface area contributed by atoms with E-state index in [0.717, 1.165) is 0 Å². The Morgan fingerprint density at radius 3 is 2.33 bits per heavy atom. The SMILES string of the molecule is [CH2]c1cc(O)c(CO)c(CO)c1. The van der Waals surface area contributed by atoms with Crippen molar-refractivity contribution in [2.24, 2.45) is 0 Å². The van der Waals surface area contributed by atoms with Crippen LogP contribution >= 0.6 is 0 Å². The van der Waals surface area contributed by atoms with Crippen molar-refractivity contribution in [3.63, 3.8) is 0 Å². The van der Waals surface area contributed by atoms with Crippen molar-refractivity contribution in [3.8, 4) is 5.75 Å². The van der Waals surface area contributed by atoms with Gasteiger partial charge in [0.1, 0.15) is 5.75 Å². The van der Waals surface area contributed by atoms with Gasteiger partial charge >= 0.3 is 0 Å². The molecule has 3 heteroatoms. The first kappa shape index (κ1) is 9.03. The molecule has 0 fully saturated rings. The van der Waals surface area contributed by atoms with Crippen LogP contribution in [0.2, 0.25) is 0 Å². The number of hydrogen-bond donors (Lipinski definition) is 3. The Morgan fingerprint density at radius 2 is 1.83 bits per heavy atom. The molecule has 0 heterocycles. The highest BCUT2D eigenvalue weighted by molar-refractivity contribution is 5.43. The molecule has 1 aromatic carbocycles. The first-order valence-electron chi connectivity index (χ1n) is 3.57.